The van der Waals surface area contributed by atoms with Crippen molar-refractivity contribution in [1.82, 2.24) is 4.90 Å². The predicted molar refractivity (Wildman–Crippen MR) is 76.5 cm³/mol. The van der Waals surface area contributed by atoms with Crippen molar-refractivity contribution < 1.29 is 9.90 Å². The molecule has 2 amide bonds. The van der Waals surface area contributed by atoms with Crippen LogP contribution in [0.15, 0.2) is 24.3 Å². The van der Waals surface area contributed by atoms with Gasteiger partial charge < -0.3 is 15.3 Å². The van der Waals surface area contributed by atoms with E-state index in [0.29, 0.717) is 24.5 Å². The van der Waals surface area contributed by atoms with Crippen LogP contribution in [0.4, 0.5) is 10.5 Å². The number of amides is 2. The summed E-state index contributed by atoms with van der Waals surface area (Å²) < 4.78 is 0. The Kier molecular flexibility index (Phi) is 4.32. The van der Waals surface area contributed by atoms with Crippen LogP contribution < -0.4 is 5.32 Å². The molecular formula is C14H19ClN2O2. The fraction of sp³-hybridized carbons (Fsp3) is 0.500. The third kappa shape index (κ3) is 4.11. The van der Waals surface area contributed by atoms with Gasteiger partial charge in [0.15, 0.2) is 0 Å². The van der Waals surface area contributed by atoms with Gasteiger partial charge in [0.25, 0.3) is 0 Å². The number of likely N-dealkylation sites (tertiary alicyclic amines) is 1. The van der Waals surface area contributed by atoms with E-state index in [-0.39, 0.29) is 6.03 Å². The largest absolute Gasteiger partial charge is 0.390 e. The average Bonchev–Trinajstić information content (AvgIpc) is 2.53. The van der Waals surface area contributed by atoms with Crippen molar-refractivity contribution in [3.05, 3.63) is 29.3 Å². The van der Waals surface area contributed by atoms with E-state index in [1.165, 1.54) is 0 Å². The van der Waals surface area contributed by atoms with E-state index >= 15 is 0 Å². The normalized spacial score (nSPS) is 23.8. The number of carbonyl (C=O) groups excluding carboxylic acids is 1. The van der Waals surface area contributed by atoms with E-state index in [0.717, 1.165) is 18.5 Å². The smallest absolute Gasteiger partial charge is 0.321 e. The van der Waals surface area contributed by atoms with Crippen LogP contribution in [0.3, 0.4) is 0 Å². The van der Waals surface area contributed by atoms with E-state index in [1.807, 2.05) is 6.92 Å². The summed E-state index contributed by atoms with van der Waals surface area (Å²) in [5.74, 6) is 0. The van der Waals surface area contributed by atoms with E-state index in [9.17, 15) is 9.90 Å². The van der Waals surface area contributed by atoms with Gasteiger partial charge in [-0.05, 0) is 50.5 Å². The van der Waals surface area contributed by atoms with Crippen molar-refractivity contribution in [3.8, 4) is 0 Å². The molecule has 2 N–H and O–H groups in total. The third-order valence-electron chi connectivity index (χ3n) is 3.45. The number of benzene rings is 1. The summed E-state index contributed by atoms with van der Waals surface area (Å²) in [7, 11) is 0. The van der Waals surface area contributed by atoms with Crippen LogP contribution in [0.2, 0.25) is 5.02 Å². The van der Waals surface area contributed by atoms with Crippen LogP contribution in [0, 0.1) is 0 Å². The maximum atomic E-state index is 12.1. The molecule has 0 saturated carbocycles. The van der Waals surface area contributed by atoms with Crippen LogP contribution in [0.25, 0.3) is 0 Å². The van der Waals surface area contributed by atoms with Gasteiger partial charge in [0, 0.05) is 23.8 Å². The standard InChI is InChI=1S/C14H19ClN2O2/c1-14(19)7-2-9-17(10-8-14)13(18)16-12-5-3-11(15)4-6-12/h3-6,19H,2,7-10H2,1H3,(H,16,18). The Labute approximate surface area is 118 Å². The number of carbonyl (C=O) groups is 1. The van der Waals surface area contributed by atoms with Gasteiger partial charge in [-0.15, -0.1) is 0 Å². The highest BCUT2D eigenvalue weighted by Gasteiger charge is 2.26. The Hall–Kier alpha value is -1.26. The van der Waals surface area contributed by atoms with Crippen molar-refractivity contribution in [1.29, 1.82) is 0 Å². The summed E-state index contributed by atoms with van der Waals surface area (Å²) in [5, 5.41) is 13.5. The zero-order chi connectivity index (χ0) is 13.9. The monoisotopic (exact) mass is 282 g/mol. The SMILES string of the molecule is CC1(O)CCCN(C(=O)Nc2ccc(Cl)cc2)CC1. The number of aliphatic hydroxyl groups is 1. The Morgan fingerprint density at radius 2 is 2.00 bits per heavy atom. The van der Waals surface area contributed by atoms with Crippen molar-refractivity contribution >= 4 is 23.3 Å². The summed E-state index contributed by atoms with van der Waals surface area (Å²) in [4.78, 5) is 13.9. The number of hydrogen-bond donors (Lipinski definition) is 2. The molecule has 1 aromatic carbocycles. The molecule has 2 rings (SSSR count). The molecular weight excluding hydrogens is 264 g/mol. The van der Waals surface area contributed by atoms with Crippen LogP contribution in [-0.2, 0) is 0 Å². The minimum atomic E-state index is -0.657. The molecule has 4 nitrogen and oxygen atoms in total. The van der Waals surface area contributed by atoms with E-state index in [1.54, 1.807) is 29.2 Å². The first-order valence-corrected chi connectivity index (χ1v) is 6.88. The quantitative estimate of drug-likeness (QED) is 0.831. The minimum Gasteiger partial charge on any atom is -0.390 e. The van der Waals surface area contributed by atoms with E-state index < -0.39 is 5.60 Å². The van der Waals surface area contributed by atoms with Gasteiger partial charge in [0.2, 0.25) is 0 Å². The first kappa shape index (κ1) is 14.2. The van der Waals surface area contributed by atoms with Gasteiger partial charge in [0.05, 0.1) is 5.60 Å². The Bertz CT molecular complexity index is 445. The van der Waals surface area contributed by atoms with Gasteiger partial charge in [-0.25, -0.2) is 4.79 Å². The molecule has 1 fully saturated rings. The molecule has 0 bridgehead atoms. The lowest BCUT2D eigenvalue weighted by Gasteiger charge is -2.22. The molecule has 1 atom stereocenters. The average molecular weight is 283 g/mol. The molecule has 0 aliphatic carbocycles. The third-order valence-corrected chi connectivity index (χ3v) is 3.70. The summed E-state index contributed by atoms with van der Waals surface area (Å²) >= 11 is 5.80. The number of halogens is 1. The van der Waals surface area contributed by atoms with Gasteiger partial charge >= 0.3 is 6.03 Å². The summed E-state index contributed by atoms with van der Waals surface area (Å²) in [6.07, 6.45) is 2.17. The van der Waals surface area contributed by atoms with Crippen molar-refractivity contribution in [2.45, 2.75) is 31.8 Å². The highest BCUT2D eigenvalue weighted by molar-refractivity contribution is 6.30. The zero-order valence-corrected chi connectivity index (χ0v) is 11.8. The second-order valence-corrected chi connectivity index (χ2v) is 5.71. The van der Waals surface area contributed by atoms with Gasteiger partial charge in [-0.3, -0.25) is 0 Å². The summed E-state index contributed by atoms with van der Waals surface area (Å²) in [6, 6.07) is 6.90. The van der Waals surface area contributed by atoms with Gasteiger partial charge in [-0.1, -0.05) is 11.6 Å². The number of hydrogen-bond acceptors (Lipinski definition) is 2. The van der Waals surface area contributed by atoms with Gasteiger partial charge in [-0.2, -0.15) is 0 Å². The van der Waals surface area contributed by atoms with Crippen LogP contribution >= 0.6 is 11.6 Å². The first-order chi connectivity index (χ1) is 8.96. The molecule has 1 aliphatic heterocycles. The second kappa shape index (κ2) is 5.80. The Balaban J connectivity index is 1.94. The van der Waals surface area contributed by atoms with Gasteiger partial charge in [0.1, 0.15) is 0 Å². The maximum absolute atomic E-state index is 12.1. The van der Waals surface area contributed by atoms with Crippen LogP contribution in [-0.4, -0.2) is 34.7 Å². The molecule has 1 saturated heterocycles. The zero-order valence-electron chi connectivity index (χ0n) is 11.0. The Morgan fingerprint density at radius 3 is 2.68 bits per heavy atom. The van der Waals surface area contributed by atoms with Crippen molar-refractivity contribution in [3.63, 3.8) is 0 Å². The summed E-state index contributed by atoms with van der Waals surface area (Å²) in [6.45, 7) is 3.08. The lowest BCUT2D eigenvalue weighted by molar-refractivity contribution is 0.0458. The summed E-state index contributed by atoms with van der Waals surface area (Å²) in [5.41, 5.74) is 0.0698. The fourth-order valence-corrected chi connectivity index (χ4v) is 2.33. The molecule has 5 heteroatoms. The van der Waals surface area contributed by atoms with E-state index in [4.69, 9.17) is 11.6 Å². The number of urea groups is 1. The Morgan fingerprint density at radius 1 is 1.32 bits per heavy atom. The molecule has 1 aromatic rings. The lowest BCUT2D eigenvalue weighted by Crippen LogP contribution is -2.36. The van der Waals surface area contributed by atoms with Crippen molar-refractivity contribution in [2.75, 3.05) is 18.4 Å². The highest BCUT2D eigenvalue weighted by Crippen LogP contribution is 2.22. The van der Waals surface area contributed by atoms with Crippen LogP contribution in [0.5, 0.6) is 0 Å². The minimum absolute atomic E-state index is 0.125. The highest BCUT2D eigenvalue weighted by atomic mass is 35.5. The molecule has 0 spiro atoms. The second-order valence-electron chi connectivity index (χ2n) is 5.27. The number of anilines is 1. The number of nitrogens with zero attached hydrogens (tertiary/aromatic N) is 1. The molecule has 1 heterocycles. The molecule has 0 radical (unpaired) electrons. The first-order valence-electron chi connectivity index (χ1n) is 6.50. The number of nitrogens with one attached hydrogen (secondary N) is 1. The van der Waals surface area contributed by atoms with Crippen molar-refractivity contribution in [2.24, 2.45) is 0 Å². The molecule has 19 heavy (non-hydrogen) atoms. The molecule has 1 aliphatic rings. The number of rotatable bonds is 1. The topological polar surface area (TPSA) is 52.6 Å². The molecule has 1 unspecified atom stereocenters. The van der Waals surface area contributed by atoms with E-state index in [2.05, 4.69) is 5.32 Å². The lowest BCUT2D eigenvalue weighted by atomic mass is 9.98. The maximum Gasteiger partial charge on any atom is 0.321 e. The fourth-order valence-electron chi connectivity index (χ4n) is 2.20. The predicted octanol–water partition coefficient (Wildman–Crippen LogP) is 3.11. The van der Waals surface area contributed by atoms with Crippen LogP contribution in [0.1, 0.15) is 26.2 Å². The molecule has 0 aromatic heterocycles. The molecule has 104 valence electrons.